The number of rotatable bonds is 3. The van der Waals surface area contributed by atoms with Gasteiger partial charge in [-0.3, -0.25) is 0 Å². The lowest BCUT2D eigenvalue weighted by Gasteiger charge is -2.06. The molecule has 1 unspecified atom stereocenters. The van der Waals surface area contributed by atoms with E-state index in [4.69, 9.17) is 0 Å². The van der Waals surface area contributed by atoms with Gasteiger partial charge in [0, 0.05) is 12.7 Å². The molecular weight excluding hydrogens is 192 g/mol. The molecule has 1 amide bonds. The summed E-state index contributed by atoms with van der Waals surface area (Å²) in [5.74, 6) is 0.375. The molecule has 1 radical (unpaired) electrons. The molecule has 1 rings (SSSR count). The predicted molar refractivity (Wildman–Crippen MR) is 45.6 cm³/mol. The smallest absolute Gasteiger partial charge is 0.317 e. The van der Waals surface area contributed by atoms with Crippen LogP contribution in [0.5, 0.6) is 0 Å². The topological polar surface area (TPSA) is 87.7 Å². The Morgan fingerprint density at radius 2 is 2.38 bits per heavy atom. The lowest BCUT2D eigenvalue weighted by Crippen LogP contribution is -2.24. The molecule has 0 spiro atoms. The van der Waals surface area contributed by atoms with Crippen molar-refractivity contribution in [1.82, 2.24) is 20.5 Å². The second-order valence-electron chi connectivity index (χ2n) is 2.19. The standard InChI is InChI=1S/C6H7N4O2S/c11-6(12)8-3-4(13)5-7-1-2-9-10-5/h1-2,4,8,13H,3H2. The van der Waals surface area contributed by atoms with E-state index in [1.807, 2.05) is 0 Å². The van der Waals surface area contributed by atoms with Crippen molar-refractivity contribution in [3.63, 3.8) is 0 Å². The number of thiol groups is 1. The largest absolute Gasteiger partial charge is 0.450 e. The van der Waals surface area contributed by atoms with E-state index >= 15 is 0 Å². The van der Waals surface area contributed by atoms with Crippen molar-refractivity contribution in [2.45, 2.75) is 5.25 Å². The molecule has 0 aromatic carbocycles. The highest BCUT2D eigenvalue weighted by molar-refractivity contribution is 7.80. The van der Waals surface area contributed by atoms with Crippen LogP contribution in [0.1, 0.15) is 11.1 Å². The van der Waals surface area contributed by atoms with E-state index in [2.05, 4.69) is 33.1 Å². The number of aromatic nitrogens is 3. The van der Waals surface area contributed by atoms with Gasteiger partial charge >= 0.3 is 6.09 Å². The minimum Gasteiger partial charge on any atom is -0.317 e. The van der Waals surface area contributed by atoms with Gasteiger partial charge in [-0.15, -0.1) is 5.10 Å². The summed E-state index contributed by atoms with van der Waals surface area (Å²) >= 11 is 4.08. The molecule has 1 N–H and O–H groups in total. The fourth-order valence-corrected chi connectivity index (χ4v) is 0.891. The van der Waals surface area contributed by atoms with Crippen LogP contribution in [-0.2, 0) is 5.11 Å². The van der Waals surface area contributed by atoms with Crippen molar-refractivity contribution in [2.24, 2.45) is 0 Å². The van der Waals surface area contributed by atoms with Crippen LogP contribution in [0.4, 0.5) is 4.79 Å². The maximum Gasteiger partial charge on any atom is 0.450 e. The average Bonchev–Trinajstić information content (AvgIpc) is 2.15. The van der Waals surface area contributed by atoms with Gasteiger partial charge in [0.15, 0.2) is 5.82 Å². The van der Waals surface area contributed by atoms with Crippen molar-refractivity contribution in [2.75, 3.05) is 6.54 Å². The molecule has 0 aliphatic heterocycles. The minimum absolute atomic E-state index is 0.0944. The number of carbonyl (C=O) groups is 1. The van der Waals surface area contributed by atoms with Gasteiger partial charge in [0.1, 0.15) is 0 Å². The van der Waals surface area contributed by atoms with E-state index in [-0.39, 0.29) is 6.54 Å². The highest BCUT2D eigenvalue weighted by Gasteiger charge is 2.10. The first-order valence-corrected chi connectivity index (χ1v) is 3.98. The van der Waals surface area contributed by atoms with E-state index in [0.717, 1.165) is 0 Å². The zero-order valence-electron chi connectivity index (χ0n) is 6.54. The van der Waals surface area contributed by atoms with Crippen molar-refractivity contribution in [1.29, 1.82) is 0 Å². The number of hydrogen-bond donors (Lipinski definition) is 2. The summed E-state index contributed by atoms with van der Waals surface area (Å²) in [4.78, 5) is 13.9. The molecule has 7 heteroatoms. The maximum atomic E-state index is 10.0. The zero-order chi connectivity index (χ0) is 9.68. The second kappa shape index (κ2) is 4.61. The van der Waals surface area contributed by atoms with Gasteiger partial charge in [0.05, 0.1) is 11.4 Å². The molecule has 0 fully saturated rings. The first-order chi connectivity index (χ1) is 6.20. The third-order valence-corrected chi connectivity index (χ3v) is 1.65. The third-order valence-electron chi connectivity index (χ3n) is 1.24. The summed E-state index contributed by atoms with van der Waals surface area (Å²) in [6, 6.07) is 0. The Morgan fingerprint density at radius 1 is 1.62 bits per heavy atom. The molecule has 0 bridgehead atoms. The molecular formula is C6H7N4O2S. The predicted octanol–water partition coefficient (Wildman–Crippen LogP) is -0.0174. The fourth-order valence-electron chi connectivity index (χ4n) is 0.682. The van der Waals surface area contributed by atoms with E-state index in [1.54, 1.807) is 0 Å². The molecule has 1 heterocycles. The molecule has 1 aromatic rings. The van der Waals surface area contributed by atoms with E-state index in [1.165, 1.54) is 12.4 Å². The van der Waals surface area contributed by atoms with Gasteiger partial charge in [-0.1, -0.05) is 0 Å². The molecule has 69 valence electrons. The Bertz CT molecular complexity index is 281. The van der Waals surface area contributed by atoms with Crippen LogP contribution in [0.25, 0.3) is 0 Å². The van der Waals surface area contributed by atoms with Crippen molar-refractivity contribution >= 4 is 18.7 Å². The van der Waals surface area contributed by atoms with Gasteiger partial charge in [-0.2, -0.15) is 17.7 Å². The van der Waals surface area contributed by atoms with Crippen molar-refractivity contribution in [3.05, 3.63) is 18.2 Å². The van der Waals surface area contributed by atoms with Crippen LogP contribution in [0.3, 0.4) is 0 Å². The lowest BCUT2D eigenvalue weighted by atomic mass is 10.4. The third kappa shape index (κ3) is 3.24. The van der Waals surface area contributed by atoms with Crippen LogP contribution >= 0.6 is 12.6 Å². The van der Waals surface area contributed by atoms with Crippen molar-refractivity contribution < 1.29 is 9.90 Å². The lowest BCUT2D eigenvalue weighted by molar-refractivity contribution is 0.168. The quantitative estimate of drug-likeness (QED) is 0.670. The number of carbonyl (C=O) groups excluding carboxylic acids is 1. The van der Waals surface area contributed by atoms with Gasteiger partial charge in [-0.05, 0) is 0 Å². The molecule has 0 aliphatic rings. The first kappa shape index (κ1) is 9.72. The van der Waals surface area contributed by atoms with Crippen LogP contribution in [-0.4, -0.2) is 27.8 Å². The Labute approximate surface area is 79.8 Å². The fraction of sp³-hybridized carbons (Fsp3) is 0.333. The maximum absolute atomic E-state index is 10.0. The second-order valence-corrected chi connectivity index (χ2v) is 2.81. The number of hydrogen-bond acceptors (Lipinski definition) is 5. The Balaban J connectivity index is 2.49. The van der Waals surface area contributed by atoms with E-state index in [9.17, 15) is 9.90 Å². The van der Waals surface area contributed by atoms with Gasteiger partial charge in [0.25, 0.3) is 0 Å². The molecule has 0 aliphatic carbocycles. The molecule has 1 aromatic heterocycles. The summed E-state index contributed by atoms with van der Waals surface area (Å²) in [5, 5.41) is 18.9. The molecule has 1 atom stereocenters. The van der Waals surface area contributed by atoms with Gasteiger partial charge < -0.3 is 5.32 Å². The van der Waals surface area contributed by atoms with Crippen LogP contribution in [0.15, 0.2) is 12.4 Å². The molecule has 0 saturated carbocycles. The molecule has 6 nitrogen and oxygen atoms in total. The first-order valence-electron chi connectivity index (χ1n) is 3.46. The van der Waals surface area contributed by atoms with Crippen LogP contribution in [0.2, 0.25) is 0 Å². The van der Waals surface area contributed by atoms with Gasteiger partial charge in [-0.25, -0.2) is 14.9 Å². The number of amides is 1. The SMILES string of the molecule is [O]C(=O)NCC(S)c1nccnn1. The minimum atomic E-state index is -1.34. The summed E-state index contributed by atoms with van der Waals surface area (Å²) in [7, 11) is 0. The Hall–Kier alpha value is -1.37. The molecule has 0 saturated heterocycles. The van der Waals surface area contributed by atoms with E-state index < -0.39 is 11.3 Å². The van der Waals surface area contributed by atoms with E-state index in [0.29, 0.717) is 5.82 Å². The summed E-state index contributed by atoms with van der Waals surface area (Å²) in [6.45, 7) is 0.0944. The summed E-state index contributed by atoms with van der Waals surface area (Å²) in [5.41, 5.74) is 0. The Morgan fingerprint density at radius 3 is 2.92 bits per heavy atom. The highest BCUT2D eigenvalue weighted by atomic mass is 32.1. The summed E-state index contributed by atoms with van der Waals surface area (Å²) in [6.07, 6.45) is 1.55. The van der Waals surface area contributed by atoms with Crippen molar-refractivity contribution in [3.8, 4) is 0 Å². The van der Waals surface area contributed by atoms with Crippen LogP contribution in [0, 0.1) is 0 Å². The Kier molecular flexibility index (Phi) is 3.44. The normalized spacial score (nSPS) is 12.1. The molecule has 13 heavy (non-hydrogen) atoms. The monoisotopic (exact) mass is 199 g/mol. The summed E-state index contributed by atoms with van der Waals surface area (Å²) < 4.78 is 0. The van der Waals surface area contributed by atoms with Gasteiger partial charge in [0.2, 0.25) is 0 Å². The number of nitrogens with zero attached hydrogens (tertiary/aromatic N) is 3. The average molecular weight is 199 g/mol. The number of nitrogens with one attached hydrogen (secondary N) is 1. The highest BCUT2D eigenvalue weighted by Crippen LogP contribution is 2.11. The zero-order valence-corrected chi connectivity index (χ0v) is 7.44. The van der Waals surface area contributed by atoms with Crippen LogP contribution < -0.4 is 5.32 Å².